The summed E-state index contributed by atoms with van der Waals surface area (Å²) in [4.78, 5) is 19.6. The van der Waals surface area contributed by atoms with E-state index in [1.807, 2.05) is 41.4 Å². The average molecular weight is 360 g/mol. The Labute approximate surface area is 159 Å². The summed E-state index contributed by atoms with van der Waals surface area (Å²) < 4.78 is 5.59. The van der Waals surface area contributed by atoms with Crippen molar-refractivity contribution in [1.82, 2.24) is 9.88 Å². The van der Waals surface area contributed by atoms with Gasteiger partial charge >= 0.3 is 0 Å². The normalized spacial score (nSPS) is 24.7. The molecule has 0 radical (unpaired) electrons. The lowest BCUT2D eigenvalue weighted by molar-refractivity contribution is 0.0704. The van der Waals surface area contributed by atoms with Crippen molar-refractivity contribution >= 4 is 5.91 Å². The number of amides is 1. The van der Waals surface area contributed by atoms with E-state index in [-0.39, 0.29) is 5.91 Å². The molecule has 0 N–H and O–H groups in total. The summed E-state index contributed by atoms with van der Waals surface area (Å²) in [5.41, 5.74) is 2.99. The van der Waals surface area contributed by atoms with Crippen molar-refractivity contribution in [1.29, 1.82) is 0 Å². The number of ether oxygens (including phenoxy) is 1. The highest BCUT2D eigenvalue weighted by Gasteiger charge is 2.37. The smallest absolute Gasteiger partial charge is 0.254 e. The minimum atomic E-state index is 0.111. The van der Waals surface area contributed by atoms with Gasteiger partial charge in [0.2, 0.25) is 0 Å². The first-order valence-corrected chi connectivity index (χ1v) is 9.88. The topological polar surface area (TPSA) is 42.4 Å². The van der Waals surface area contributed by atoms with Crippen LogP contribution in [0.4, 0.5) is 0 Å². The summed E-state index contributed by atoms with van der Waals surface area (Å²) in [6.07, 6.45) is 11.7. The molecule has 27 heavy (non-hydrogen) atoms. The van der Waals surface area contributed by atoms with Gasteiger partial charge in [0.15, 0.2) is 0 Å². The summed E-state index contributed by atoms with van der Waals surface area (Å²) in [6.45, 7) is 2.13. The second-order valence-corrected chi connectivity index (χ2v) is 8.01. The molecule has 4 heteroatoms. The summed E-state index contributed by atoms with van der Waals surface area (Å²) in [5, 5.41) is 0. The van der Waals surface area contributed by atoms with Crippen molar-refractivity contribution in [3.05, 3.63) is 71.6 Å². The van der Waals surface area contributed by atoms with Crippen LogP contribution in [0.3, 0.4) is 0 Å². The summed E-state index contributed by atoms with van der Waals surface area (Å²) in [7, 11) is 0. The molecule has 5 rings (SSSR count). The molecule has 0 unspecified atom stereocenters. The Morgan fingerprint density at radius 2 is 2.19 bits per heavy atom. The van der Waals surface area contributed by atoms with Crippen molar-refractivity contribution in [2.75, 3.05) is 13.2 Å². The number of pyridine rings is 1. The first-order chi connectivity index (χ1) is 13.3. The minimum absolute atomic E-state index is 0.111. The standard InChI is InChI=1S/C23H24N2O2/c26-23(20-5-6-22-19(12-20)7-9-27-22)25(14-17-2-1-8-24-13-17)15-21-11-16-3-4-18(21)10-16/h1-6,8,12-13,16,18,21H,7,9-11,14-15H2/t16-,18-,21+/m0/s1. The number of nitrogens with zero attached hydrogens (tertiary/aromatic N) is 2. The van der Waals surface area contributed by atoms with Crippen LogP contribution in [0.5, 0.6) is 5.75 Å². The molecule has 2 bridgehead atoms. The van der Waals surface area contributed by atoms with E-state index >= 15 is 0 Å². The van der Waals surface area contributed by atoms with Gasteiger partial charge in [0.05, 0.1) is 6.61 Å². The van der Waals surface area contributed by atoms with E-state index < -0.39 is 0 Å². The van der Waals surface area contributed by atoms with Crippen LogP contribution in [0.25, 0.3) is 0 Å². The van der Waals surface area contributed by atoms with Gasteiger partial charge in [-0.1, -0.05) is 18.2 Å². The number of carbonyl (C=O) groups excluding carboxylic acids is 1. The molecule has 1 fully saturated rings. The van der Waals surface area contributed by atoms with E-state index in [1.165, 1.54) is 12.8 Å². The van der Waals surface area contributed by atoms with Crippen LogP contribution >= 0.6 is 0 Å². The molecule has 0 spiro atoms. The zero-order valence-electron chi connectivity index (χ0n) is 15.4. The van der Waals surface area contributed by atoms with Gasteiger partial charge in [-0.25, -0.2) is 0 Å². The van der Waals surface area contributed by atoms with Crippen LogP contribution in [-0.2, 0) is 13.0 Å². The summed E-state index contributed by atoms with van der Waals surface area (Å²) in [5.74, 6) is 2.95. The third-order valence-corrected chi connectivity index (χ3v) is 6.19. The predicted molar refractivity (Wildman–Crippen MR) is 103 cm³/mol. The second-order valence-electron chi connectivity index (χ2n) is 8.01. The number of allylic oxidation sites excluding steroid dienone is 2. The van der Waals surface area contributed by atoms with Gasteiger partial charge in [-0.05, 0) is 66.0 Å². The maximum Gasteiger partial charge on any atom is 0.254 e. The minimum Gasteiger partial charge on any atom is -0.493 e. The zero-order chi connectivity index (χ0) is 18.2. The molecule has 2 heterocycles. The van der Waals surface area contributed by atoms with Gasteiger partial charge in [-0.3, -0.25) is 9.78 Å². The van der Waals surface area contributed by atoms with E-state index in [1.54, 1.807) is 6.20 Å². The Hall–Kier alpha value is -2.62. The highest BCUT2D eigenvalue weighted by atomic mass is 16.5. The van der Waals surface area contributed by atoms with Crippen molar-refractivity contribution < 1.29 is 9.53 Å². The lowest BCUT2D eigenvalue weighted by Gasteiger charge is -2.29. The molecule has 1 saturated carbocycles. The molecule has 4 nitrogen and oxygen atoms in total. The SMILES string of the molecule is O=C(c1ccc2c(c1)CCO2)N(Cc1cccnc1)C[C@H]1C[C@H]2C=C[C@H]1C2. The molecule has 3 atom stereocenters. The molecule has 1 aliphatic heterocycles. The number of benzene rings is 1. The quantitative estimate of drug-likeness (QED) is 0.760. The van der Waals surface area contributed by atoms with Gasteiger partial charge in [0, 0.05) is 37.5 Å². The van der Waals surface area contributed by atoms with E-state index in [9.17, 15) is 4.79 Å². The fraction of sp³-hybridized carbons (Fsp3) is 0.391. The first kappa shape index (κ1) is 16.5. The van der Waals surface area contributed by atoms with Crippen LogP contribution in [0.15, 0.2) is 54.9 Å². The molecule has 1 aromatic carbocycles. The fourth-order valence-electron chi connectivity index (χ4n) is 4.82. The Morgan fingerprint density at radius 1 is 1.22 bits per heavy atom. The molecular weight excluding hydrogens is 336 g/mol. The molecule has 1 amide bonds. The Kier molecular flexibility index (Phi) is 4.19. The third kappa shape index (κ3) is 3.25. The third-order valence-electron chi connectivity index (χ3n) is 6.19. The van der Waals surface area contributed by atoms with Crippen LogP contribution < -0.4 is 4.74 Å². The Bertz CT molecular complexity index is 877. The van der Waals surface area contributed by atoms with Crippen molar-refractivity contribution in [3.8, 4) is 5.75 Å². The number of rotatable bonds is 5. The highest BCUT2D eigenvalue weighted by molar-refractivity contribution is 5.94. The van der Waals surface area contributed by atoms with Crippen LogP contribution in [0.1, 0.15) is 34.3 Å². The molecule has 3 aliphatic rings. The molecule has 2 aromatic rings. The van der Waals surface area contributed by atoms with Gasteiger partial charge < -0.3 is 9.64 Å². The number of hydrogen-bond acceptors (Lipinski definition) is 3. The fourth-order valence-corrected chi connectivity index (χ4v) is 4.82. The molecular formula is C23H24N2O2. The molecule has 2 aliphatic carbocycles. The number of hydrogen-bond donors (Lipinski definition) is 0. The Morgan fingerprint density at radius 3 is 2.96 bits per heavy atom. The molecule has 138 valence electrons. The number of carbonyl (C=O) groups is 1. The van der Waals surface area contributed by atoms with Crippen LogP contribution in [0.2, 0.25) is 0 Å². The highest BCUT2D eigenvalue weighted by Crippen LogP contribution is 2.44. The van der Waals surface area contributed by atoms with Crippen molar-refractivity contribution in [3.63, 3.8) is 0 Å². The lowest BCUT2D eigenvalue weighted by Crippen LogP contribution is -2.36. The van der Waals surface area contributed by atoms with Gasteiger partial charge in [0.25, 0.3) is 5.91 Å². The van der Waals surface area contributed by atoms with E-state index in [2.05, 4.69) is 17.1 Å². The van der Waals surface area contributed by atoms with E-state index in [4.69, 9.17) is 4.74 Å². The maximum absolute atomic E-state index is 13.4. The average Bonchev–Trinajstić information content (AvgIpc) is 3.44. The predicted octanol–water partition coefficient (Wildman–Crippen LogP) is 3.87. The number of fused-ring (bicyclic) bond motifs is 3. The number of aromatic nitrogens is 1. The first-order valence-electron chi connectivity index (χ1n) is 9.88. The largest absolute Gasteiger partial charge is 0.493 e. The molecule has 1 aromatic heterocycles. The van der Waals surface area contributed by atoms with Crippen molar-refractivity contribution in [2.45, 2.75) is 25.8 Å². The van der Waals surface area contributed by atoms with E-state index in [0.717, 1.165) is 35.4 Å². The van der Waals surface area contributed by atoms with Gasteiger partial charge in [0.1, 0.15) is 5.75 Å². The van der Waals surface area contributed by atoms with Gasteiger partial charge in [-0.2, -0.15) is 0 Å². The summed E-state index contributed by atoms with van der Waals surface area (Å²) in [6, 6.07) is 9.85. The maximum atomic E-state index is 13.4. The summed E-state index contributed by atoms with van der Waals surface area (Å²) >= 11 is 0. The second kappa shape index (κ2) is 6.84. The monoisotopic (exact) mass is 360 g/mol. The Balaban J connectivity index is 1.40. The van der Waals surface area contributed by atoms with E-state index in [0.29, 0.717) is 30.9 Å². The lowest BCUT2D eigenvalue weighted by atomic mass is 9.92. The van der Waals surface area contributed by atoms with Crippen molar-refractivity contribution in [2.24, 2.45) is 17.8 Å². The van der Waals surface area contributed by atoms with Gasteiger partial charge in [-0.15, -0.1) is 0 Å². The van der Waals surface area contributed by atoms with Crippen LogP contribution in [0, 0.1) is 17.8 Å². The molecule has 0 saturated heterocycles. The van der Waals surface area contributed by atoms with Crippen LogP contribution in [-0.4, -0.2) is 28.9 Å². The zero-order valence-corrected chi connectivity index (χ0v) is 15.4.